The minimum absolute atomic E-state index is 0.0883. The van der Waals surface area contributed by atoms with Crippen molar-refractivity contribution in [3.8, 4) is 0 Å². The molecule has 0 aliphatic rings. The Morgan fingerprint density at radius 3 is 2.88 bits per heavy atom. The molecule has 1 rings (SSSR count). The van der Waals surface area contributed by atoms with Crippen molar-refractivity contribution in [2.75, 3.05) is 20.3 Å². The highest BCUT2D eigenvalue weighted by Crippen LogP contribution is 1.93. The predicted molar refractivity (Wildman–Crippen MR) is 66.9 cm³/mol. The largest absolute Gasteiger partial charge is 0.383 e. The molecular weight excluding hydrogens is 218 g/mol. The molecule has 5 heteroatoms. The summed E-state index contributed by atoms with van der Waals surface area (Å²) in [6.45, 7) is 6.92. The van der Waals surface area contributed by atoms with Crippen LogP contribution in [-0.2, 0) is 17.8 Å². The highest BCUT2D eigenvalue weighted by molar-refractivity contribution is 5.00. The third-order valence-corrected chi connectivity index (χ3v) is 2.29. The van der Waals surface area contributed by atoms with E-state index in [1.54, 1.807) is 19.2 Å². The van der Waals surface area contributed by atoms with Crippen molar-refractivity contribution in [1.82, 2.24) is 15.1 Å². The van der Waals surface area contributed by atoms with Gasteiger partial charge in [-0.1, -0.05) is 13.8 Å². The first-order chi connectivity index (χ1) is 8.13. The first kappa shape index (κ1) is 13.9. The minimum atomic E-state index is -0.0883. The Morgan fingerprint density at radius 2 is 2.24 bits per heavy atom. The van der Waals surface area contributed by atoms with E-state index >= 15 is 0 Å². The molecule has 0 amide bonds. The van der Waals surface area contributed by atoms with E-state index in [1.165, 1.54) is 4.68 Å². The number of nitrogens with one attached hydrogen (secondary N) is 1. The lowest BCUT2D eigenvalue weighted by atomic mass is 10.2. The van der Waals surface area contributed by atoms with Gasteiger partial charge in [-0.2, -0.15) is 5.10 Å². The molecule has 1 aromatic heterocycles. The average molecular weight is 239 g/mol. The molecule has 1 N–H and O–H groups in total. The molecule has 0 saturated carbocycles. The SMILES string of the molecule is COCCn1nc(CNCC(C)C)ccc1=O. The molecule has 0 atom stereocenters. The maximum Gasteiger partial charge on any atom is 0.266 e. The van der Waals surface area contributed by atoms with Crippen LogP contribution in [0.2, 0.25) is 0 Å². The Bertz CT molecular complexity index is 388. The normalized spacial score (nSPS) is 11.1. The van der Waals surface area contributed by atoms with Gasteiger partial charge in [-0.15, -0.1) is 0 Å². The number of ether oxygens (including phenoxy) is 1. The third kappa shape index (κ3) is 5.10. The molecule has 0 aliphatic carbocycles. The standard InChI is InChI=1S/C12H21N3O2/c1-10(2)8-13-9-11-4-5-12(16)15(14-11)6-7-17-3/h4-5,10,13H,6-9H2,1-3H3. The highest BCUT2D eigenvalue weighted by Gasteiger charge is 2.01. The van der Waals surface area contributed by atoms with Crippen LogP contribution in [0, 0.1) is 5.92 Å². The van der Waals surface area contributed by atoms with Gasteiger partial charge in [0, 0.05) is 19.7 Å². The molecule has 0 bridgehead atoms. The van der Waals surface area contributed by atoms with Crippen LogP contribution in [0.3, 0.4) is 0 Å². The average Bonchev–Trinajstić information content (AvgIpc) is 2.29. The van der Waals surface area contributed by atoms with E-state index in [-0.39, 0.29) is 5.56 Å². The summed E-state index contributed by atoms with van der Waals surface area (Å²) in [5.41, 5.74) is 0.788. The van der Waals surface area contributed by atoms with Crippen LogP contribution in [0.5, 0.6) is 0 Å². The van der Waals surface area contributed by atoms with Gasteiger partial charge < -0.3 is 10.1 Å². The van der Waals surface area contributed by atoms with Gasteiger partial charge in [0.05, 0.1) is 18.8 Å². The lowest BCUT2D eigenvalue weighted by molar-refractivity contribution is 0.181. The van der Waals surface area contributed by atoms with E-state index in [4.69, 9.17) is 4.74 Å². The Hall–Kier alpha value is -1.20. The molecule has 1 aromatic rings. The fraction of sp³-hybridized carbons (Fsp3) is 0.667. The first-order valence-corrected chi connectivity index (χ1v) is 5.90. The van der Waals surface area contributed by atoms with E-state index in [2.05, 4.69) is 24.3 Å². The Morgan fingerprint density at radius 1 is 1.47 bits per heavy atom. The maximum absolute atomic E-state index is 11.5. The van der Waals surface area contributed by atoms with Crippen molar-refractivity contribution >= 4 is 0 Å². The molecule has 17 heavy (non-hydrogen) atoms. The van der Waals surface area contributed by atoms with Gasteiger partial charge in [-0.3, -0.25) is 4.79 Å². The zero-order valence-corrected chi connectivity index (χ0v) is 10.8. The van der Waals surface area contributed by atoms with Crippen molar-refractivity contribution in [2.45, 2.75) is 26.9 Å². The van der Waals surface area contributed by atoms with Crippen LogP contribution >= 0.6 is 0 Å². The summed E-state index contributed by atoms with van der Waals surface area (Å²) in [6.07, 6.45) is 0. The van der Waals surface area contributed by atoms with E-state index in [0.717, 1.165) is 12.2 Å². The zero-order chi connectivity index (χ0) is 12.7. The van der Waals surface area contributed by atoms with Crippen molar-refractivity contribution in [1.29, 1.82) is 0 Å². The lowest BCUT2D eigenvalue weighted by Crippen LogP contribution is -2.27. The summed E-state index contributed by atoms with van der Waals surface area (Å²) < 4.78 is 6.38. The van der Waals surface area contributed by atoms with E-state index in [0.29, 0.717) is 25.6 Å². The third-order valence-electron chi connectivity index (χ3n) is 2.29. The van der Waals surface area contributed by atoms with Gasteiger partial charge in [0.2, 0.25) is 0 Å². The summed E-state index contributed by atoms with van der Waals surface area (Å²) >= 11 is 0. The minimum Gasteiger partial charge on any atom is -0.383 e. The highest BCUT2D eigenvalue weighted by atomic mass is 16.5. The number of hydrogen-bond acceptors (Lipinski definition) is 4. The maximum atomic E-state index is 11.5. The summed E-state index contributed by atoms with van der Waals surface area (Å²) in [7, 11) is 1.61. The predicted octanol–water partition coefficient (Wildman–Crippen LogP) is 0.635. The van der Waals surface area contributed by atoms with Gasteiger partial charge in [-0.25, -0.2) is 4.68 Å². The van der Waals surface area contributed by atoms with Crippen LogP contribution in [0.15, 0.2) is 16.9 Å². The van der Waals surface area contributed by atoms with Crippen molar-refractivity contribution in [2.24, 2.45) is 5.92 Å². The smallest absolute Gasteiger partial charge is 0.266 e. The number of rotatable bonds is 7. The molecule has 0 spiro atoms. The number of aromatic nitrogens is 2. The summed E-state index contributed by atoms with van der Waals surface area (Å²) in [4.78, 5) is 11.5. The topological polar surface area (TPSA) is 56.1 Å². The first-order valence-electron chi connectivity index (χ1n) is 5.90. The summed E-state index contributed by atoms with van der Waals surface area (Å²) in [5, 5.41) is 7.56. The van der Waals surface area contributed by atoms with Crippen LogP contribution in [0.4, 0.5) is 0 Å². The lowest BCUT2D eigenvalue weighted by Gasteiger charge is -2.09. The molecule has 0 saturated heterocycles. The van der Waals surface area contributed by atoms with Gasteiger partial charge in [-0.05, 0) is 18.5 Å². The molecular formula is C12H21N3O2. The van der Waals surface area contributed by atoms with Crippen LogP contribution in [-0.4, -0.2) is 30.0 Å². The number of nitrogens with zero attached hydrogens (tertiary/aromatic N) is 2. The second kappa shape index (κ2) is 7.19. The van der Waals surface area contributed by atoms with E-state index in [9.17, 15) is 4.79 Å². The van der Waals surface area contributed by atoms with Crippen LogP contribution in [0.1, 0.15) is 19.5 Å². The van der Waals surface area contributed by atoms with Gasteiger partial charge in [0.25, 0.3) is 5.56 Å². The van der Waals surface area contributed by atoms with Crippen molar-refractivity contribution < 1.29 is 4.74 Å². The fourth-order valence-corrected chi connectivity index (χ4v) is 1.41. The number of methoxy groups -OCH3 is 1. The monoisotopic (exact) mass is 239 g/mol. The molecule has 0 aliphatic heterocycles. The summed E-state index contributed by atoms with van der Waals surface area (Å²) in [6, 6.07) is 3.31. The molecule has 1 heterocycles. The molecule has 0 radical (unpaired) electrons. The van der Waals surface area contributed by atoms with Gasteiger partial charge >= 0.3 is 0 Å². The molecule has 0 unspecified atom stereocenters. The fourth-order valence-electron chi connectivity index (χ4n) is 1.41. The second-order valence-electron chi connectivity index (χ2n) is 4.40. The van der Waals surface area contributed by atoms with E-state index in [1.807, 2.05) is 0 Å². The summed E-state index contributed by atoms with van der Waals surface area (Å²) in [5.74, 6) is 0.606. The zero-order valence-electron chi connectivity index (χ0n) is 10.8. The molecule has 0 fully saturated rings. The van der Waals surface area contributed by atoms with Crippen LogP contribution < -0.4 is 10.9 Å². The van der Waals surface area contributed by atoms with Gasteiger partial charge in [0.15, 0.2) is 0 Å². The van der Waals surface area contributed by atoms with Crippen molar-refractivity contribution in [3.63, 3.8) is 0 Å². The molecule has 5 nitrogen and oxygen atoms in total. The second-order valence-corrected chi connectivity index (χ2v) is 4.40. The van der Waals surface area contributed by atoms with Crippen LogP contribution in [0.25, 0.3) is 0 Å². The Kier molecular flexibility index (Phi) is 5.86. The quantitative estimate of drug-likeness (QED) is 0.758. The van der Waals surface area contributed by atoms with Gasteiger partial charge in [0.1, 0.15) is 0 Å². The van der Waals surface area contributed by atoms with Crippen molar-refractivity contribution in [3.05, 3.63) is 28.2 Å². The Balaban J connectivity index is 2.58. The Labute approximate surface area is 102 Å². The number of hydrogen-bond donors (Lipinski definition) is 1. The molecule has 96 valence electrons. The van der Waals surface area contributed by atoms with E-state index < -0.39 is 0 Å². The molecule has 0 aromatic carbocycles.